The Morgan fingerprint density at radius 3 is 1.74 bits per heavy atom. The van der Waals surface area contributed by atoms with Crippen LogP contribution in [0.15, 0.2) is 91.0 Å². The van der Waals surface area contributed by atoms with Crippen LogP contribution in [0.1, 0.15) is 30.5 Å². The minimum atomic E-state index is -4.02. The molecule has 1 amide bonds. The molecule has 4 atom stereocenters. The summed E-state index contributed by atoms with van der Waals surface area (Å²) in [5.74, 6) is -1.10. The van der Waals surface area contributed by atoms with Crippen LogP contribution in [-0.4, -0.2) is 44.8 Å². The van der Waals surface area contributed by atoms with Crippen molar-refractivity contribution in [2.45, 2.75) is 41.3 Å². The van der Waals surface area contributed by atoms with Gasteiger partial charge in [0.15, 0.2) is 0 Å². The molecule has 5 rings (SSSR count). The number of nitrogens with one attached hydrogen (secondary N) is 1. The van der Waals surface area contributed by atoms with Crippen LogP contribution in [-0.2, 0) is 19.4 Å². The second-order valence-corrected chi connectivity index (χ2v) is 13.2. The molecule has 182 valence electrons. The van der Waals surface area contributed by atoms with Crippen LogP contribution >= 0.6 is 19.4 Å². The fourth-order valence-corrected chi connectivity index (χ4v) is 9.16. The first-order valence-electron chi connectivity index (χ1n) is 11.5. The first kappa shape index (κ1) is 24.3. The summed E-state index contributed by atoms with van der Waals surface area (Å²) < 4.78 is 17.2. The second kappa shape index (κ2) is 8.91. The van der Waals surface area contributed by atoms with E-state index in [1.54, 1.807) is 4.90 Å². The fourth-order valence-electron chi connectivity index (χ4n) is 5.41. The maximum Gasteiger partial charge on any atom is 0.351 e. The summed E-state index contributed by atoms with van der Waals surface area (Å²) in [6.07, 6.45) is 0. The molecule has 0 aliphatic carbocycles. The molecule has 0 spiro atoms. The molecule has 2 aliphatic rings. The average molecular weight is 509 g/mol. The lowest BCUT2D eigenvalue weighted by Crippen LogP contribution is -2.71. The van der Waals surface area contributed by atoms with E-state index in [1.165, 1.54) is 18.9 Å². The van der Waals surface area contributed by atoms with Gasteiger partial charge >= 0.3 is 7.60 Å². The molecule has 2 heterocycles. The quantitative estimate of drug-likeness (QED) is 0.272. The number of hydrogen-bond acceptors (Lipinski definition) is 5. The lowest BCUT2D eigenvalue weighted by molar-refractivity contribution is -0.147. The number of carbonyl (C=O) groups is 1. The number of rotatable bonds is 7. The van der Waals surface area contributed by atoms with Gasteiger partial charge in [-0.15, -0.1) is 11.8 Å². The van der Waals surface area contributed by atoms with Crippen molar-refractivity contribution in [1.29, 1.82) is 0 Å². The summed E-state index contributed by atoms with van der Waals surface area (Å²) in [7, 11) is -2.80. The van der Waals surface area contributed by atoms with Gasteiger partial charge < -0.3 is 14.3 Å². The van der Waals surface area contributed by atoms with Crippen molar-refractivity contribution in [3.05, 3.63) is 108 Å². The number of hydrogen-bond donors (Lipinski definition) is 2. The third-order valence-corrected chi connectivity index (χ3v) is 10.7. The number of fused-ring (bicyclic) bond motifs is 1. The Morgan fingerprint density at radius 2 is 1.34 bits per heavy atom. The van der Waals surface area contributed by atoms with E-state index in [4.69, 9.17) is 4.52 Å². The molecular formula is C27H29N2O4PS. The van der Waals surface area contributed by atoms with Gasteiger partial charge in [0.25, 0.3) is 0 Å². The van der Waals surface area contributed by atoms with Crippen molar-refractivity contribution in [1.82, 2.24) is 10.2 Å². The molecule has 2 saturated heterocycles. The molecule has 3 unspecified atom stereocenters. The summed E-state index contributed by atoms with van der Waals surface area (Å²) in [5, 5.41) is 3.44. The lowest BCUT2D eigenvalue weighted by Gasteiger charge is -2.49. The van der Waals surface area contributed by atoms with Crippen molar-refractivity contribution in [2.24, 2.45) is 0 Å². The maximum absolute atomic E-state index is 13.6. The van der Waals surface area contributed by atoms with E-state index < -0.39 is 29.7 Å². The number of amides is 1. The Kier molecular flexibility index (Phi) is 6.19. The van der Waals surface area contributed by atoms with Crippen molar-refractivity contribution < 1.29 is 18.8 Å². The fraction of sp³-hybridized carbons (Fsp3) is 0.296. The number of β-lactam (4-membered cyclic amide) rings is 1. The van der Waals surface area contributed by atoms with Gasteiger partial charge in [-0.05, 0) is 30.5 Å². The molecule has 8 heteroatoms. The monoisotopic (exact) mass is 508 g/mol. The highest BCUT2D eigenvalue weighted by Crippen LogP contribution is 2.64. The van der Waals surface area contributed by atoms with Crippen LogP contribution in [0.5, 0.6) is 0 Å². The van der Waals surface area contributed by atoms with E-state index in [9.17, 15) is 14.3 Å². The van der Waals surface area contributed by atoms with Crippen LogP contribution in [0, 0.1) is 0 Å². The smallest absolute Gasteiger partial charge is 0.323 e. The van der Waals surface area contributed by atoms with E-state index in [-0.39, 0.29) is 11.3 Å². The molecule has 0 saturated carbocycles. The number of nitrogens with zero attached hydrogens (tertiary/aromatic N) is 1. The van der Waals surface area contributed by atoms with Gasteiger partial charge in [-0.3, -0.25) is 14.7 Å². The molecule has 3 aromatic carbocycles. The van der Waals surface area contributed by atoms with Gasteiger partial charge in [0, 0.05) is 11.9 Å². The first-order chi connectivity index (χ1) is 16.7. The van der Waals surface area contributed by atoms with Crippen LogP contribution in [0.4, 0.5) is 0 Å². The van der Waals surface area contributed by atoms with E-state index in [1.807, 2.05) is 68.4 Å². The third kappa shape index (κ3) is 3.87. The normalized spacial score (nSPS) is 25.0. The summed E-state index contributed by atoms with van der Waals surface area (Å²) in [6.45, 7) is 3.79. The molecule has 0 aromatic heterocycles. The molecule has 3 aromatic rings. The van der Waals surface area contributed by atoms with Gasteiger partial charge in [0.2, 0.25) is 5.91 Å². The molecule has 2 N–H and O–H groups in total. The van der Waals surface area contributed by atoms with Gasteiger partial charge in [-0.1, -0.05) is 91.0 Å². The minimum Gasteiger partial charge on any atom is -0.323 e. The molecule has 2 fully saturated rings. The molecular weight excluding hydrogens is 479 g/mol. The predicted octanol–water partition coefficient (Wildman–Crippen LogP) is 4.79. The van der Waals surface area contributed by atoms with Crippen molar-refractivity contribution in [3.8, 4) is 0 Å². The molecule has 2 aliphatic heterocycles. The van der Waals surface area contributed by atoms with E-state index in [0.717, 1.165) is 16.7 Å². The molecule has 35 heavy (non-hydrogen) atoms. The highest BCUT2D eigenvalue weighted by molar-refractivity contribution is 8.02. The maximum atomic E-state index is 13.6. The summed E-state index contributed by atoms with van der Waals surface area (Å²) in [5.41, 5.74) is 2.22. The zero-order chi connectivity index (χ0) is 24.8. The van der Waals surface area contributed by atoms with E-state index >= 15 is 0 Å². The number of benzene rings is 3. The topological polar surface area (TPSA) is 78.9 Å². The third-order valence-electron chi connectivity index (χ3n) is 6.95. The summed E-state index contributed by atoms with van der Waals surface area (Å²) >= 11 is 1.54. The first-order valence-corrected chi connectivity index (χ1v) is 14.1. The second-order valence-electron chi connectivity index (χ2n) is 9.45. The van der Waals surface area contributed by atoms with Gasteiger partial charge in [-0.2, -0.15) is 0 Å². The number of carbonyl (C=O) groups excluding carboxylic acids is 1. The van der Waals surface area contributed by atoms with Gasteiger partial charge in [0.1, 0.15) is 17.2 Å². The van der Waals surface area contributed by atoms with Crippen LogP contribution < -0.4 is 5.32 Å². The molecule has 0 bridgehead atoms. The van der Waals surface area contributed by atoms with Crippen LogP contribution in [0.2, 0.25) is 0 Å². The summed E-state index contributed by atoms with van der Waals surface area (Å²) in [4.78, 5) is 25.7. The van der Waals surface area contributed by atoms with Crippen molar-refractivity contribution >= 4 is 25.3 Å². The van der Waals surface area contributed by atoms with Gasteiger partial charge in [0.05, 0.1) is 5.54 Å². The Hall–Kier alpha value is -2.41. The van der Waals surface area contributed by atoms with Crippen molar-refractivity contribution in [2.75, 3.05) is 7.11 Å². The predicted molar refractivity (Wildman–Crippen MR) is 139 cm³/mol. The van der Waals surface area contributed by atoms with E-state index in [0.29, 0.717) is 0 Å². The SMILES string of the molecule is COP(=O)(O)C1N2C(=O)C(NC(c3ccccc3)(c3ccccc3)c3ccccc3)[C@@H]2SC1(C)C. The molecule has 6 nitrogen and oxygen atoms in total. The largest absolute Gasteiger partial charge is 0.351 e. The minimum absolute atomic E-state index is 0.198. The van der Waals surface area contributed by atoms with E-state index in [2.05, 4.69) is 41.7 Å². The highest BCUT2D eigenvalue weighted by Gasteiger charge is 2.67. The Morgan fingerprint density at radius 1 is 0.914 bits per heavy atom. The van der Waals surface area contributed by atoms with Crippen molar-refractivity contribution in [3.63, 3.8) is 0 Å². The Bertz CT molecular complexity index is 1160. The zero-order valence-corrected chi connectivity index (χ0v) is 21.6. The molecule has 0 radical (unpaired) electrons. The Balaban J connectivity index is 1.63. The van der Waals surface area contributed by atoms with Gasteiger partial charge in [-0.25, -0.2) is 0 Å². The Labute approximate surface area is 210 Å². The highest BCUT2D eigenvalue weighted by atomic mass is 32.2. The number of thioether (sulfide) groups is 1. The standard InChI is InChI=1S/C27H29N2O4PS/c1-26(2)25(34(31,32)33-3)29-23(30)22(24(29)35-26)28-27(19-13-7-4-8-14-19,20-15-9-5-10-16-20)21-17-11-6-12-18-21/h4-18,22,24-25,28H,1-3H3,(H,31,32)/t22?,24-,25?/m0/s1. The lowest BCUT2D eigenvalue weighted by atomic mass is 9.76. The van der Waals surface area contributed by atoms with Crippen LogP contribution in [0.3, 0.4) is 0 Å². The zero-order valence-electron chi connectivity index (χ0n) is 19.9. The summed E-state index contributed by atoms with van der Waals surface area (Å²) in [6, 6.07) is 29.7. The average Bonchev–Trinajstić information content (AvgIpc) is 3.15. The van der Waals surface area contributed by atoms with Crippen LogP contribution in [0.25, 0.3) is 0 Å².